The van der Waals surface area contributed by atoms with Gasteiger partial charge in [-0.2, -0.15) is 9.94 Å². The molecule has 0 fully saturated rings. The maximum Gasteiger partial charge on any atom is 1.00 e. The summed E-state index contributed by atoms with van der Waals surface area (Å²) in [6.07, 6.45) is 0. The fourth-order valence-electron chi connectivity index (χ4n) is 0.866. The molecule has 0 spiro atoms. The molecule has 3 N–H and O–H groups in total. The molecule has 6 heteroatoms. The van der Waals surface area contributed by atoms with Crippen molar-refractivity contribution in [1.82, 2.24) is 4.68 Å². The first-order chi connectivity index (χ1) is 5.57. The molecule has 0 radical (unpaired) electrons. The van der Waals surface area contributed by atoms with Crippen LogP contribution in [0.1, 0.15) is 12.6 Å². The number of nitriles is 1. The molecule has 0 aromatic carbocycles. The molecular formula is C7H8KN3O2. The van der Waals surface area contributed by atoms with Crippen LogP contribution in [0.15, 0.2) is 10.9 Å². The summed E-state index contributed by atoms with van der Waals surface area (Å²) < 4.78 is 0.533. The van der Waals surface area contributed by atoms with Crippen molar-refractivity contribution < 1.29 is 57.9 Å². The predicted molar refractivity (Wildman–Crippen MR) is 43.1 cm³/mol. The molecule has 5 nitrogen and oxygen atoms in total. The van der Waals surface area contributed by atoms with Crippen molar-refractivity contribution in [2.45, 2.75) is 6.92 Å². The molecule has 64 valence electrons. The number of aryl methyl sites for hydroxylation is 1. The van der Waals surface area contributed by atoms with Crippen LogP contribution in [-0.4, -0.2) is 9.78 Å². The van der Waals surface area contributed by atoms with E-state index in [1.54, 1.807) is 13.0 Å². The van der Waals surface area contributed by atoms with E-state index in [4.69, 9.17) is 11.1 Å². The van der Waals surface area contributed by atoms with E-state index in [0.29, 0.717) is 10.2 Å². The molecule has 0 unspecified atom stereocenters. The van der Waals surface area contributed by atoms with Gasteiger partial charge < -0.3 is 12.4 Å². The Kier molecular flexibility index (Phi) is 4.67. The fraction of sp³-hybridized carbons (Fsp3) is 0.143. The Bertz CT molecular complexity index is 424. The summed E-state index contributed by atoms with van der Waals surface area (Å²) in [4.78, 5) is 10.9. The number of nitrogens with two attached hydrogens (primary N) is 1. The summed E-state index contributed by atoms with van der Waals surface area (Å²) in [5.74, 6) is 4.63. The van der Waals surface area contributed by atoms with Crippen LogP contribution in [-0.2, 0) is 0 Å². The number of rotatable bonds is 0. The normalized spacial score (nSPS) is 8.62. The van der Waals surface area contributed by atoms with Crippen molar-refractivity contribution in [2.24, 2.45) is 0 Å². The van der Waals surface area contributed by atoms with Gasteiger partial charge in [0.25, 0.3) is 5.56 Å². The maximum atomic E-state index is 10.9. The molecule has 0 amide bonds. The first-order valence-corrected chi connectivity index (χ1v) is 3.18. The van der Waals surface area contributed by atoms with Gasteiger partial charge in [-0.15, -0.1) is 0 Å². The summed E-state index contributed by atoms with van der Waals surface area (Å²) in [5, 5.41) is 17.7. The molecular weight excluding hydrogens is 197 g/mol. The first kappa shape index (κ1) is 12.7. The van der Waals surface area contributed by atoms with Crippen molar-refractivity contribution in [2.75, 3.05) is 5.84 Å². The Labute approximate surface area is 119 Å². The van der Waals surface area contributed by atoms with Gasteiger partial charge in [-0.05, 0) is 12.5 Å². The zero-order valence-electron chi connectivity index (χ0n) is 8.40. The van der Waals surface area contributed by atoms with Gasteiger partial charge in [-0.1, -0.05) is 0 Å². The molecule has 0 saturated carbocycles. The smallest absolute Gasteiger partial charge is 1.00 e. The number of aromatic hydroxyl groups is 1. The van der Waals surface area contributed by atoms with Crippen molar-refractivity contribution >= 4 is 0 Å². The zero-order chi connectivity index (χ0) is 9.30. The molecule has 0 saturated heterocycles. The van der Waals surface area contributed by atoms with E-state index in [0.717, 1.165) is 0 Å². The van der Waals surface area contributed by atoms with Crippen molar-refractivity contribution in [3.8, 4) is 11.9 Å². The van der Waals surface area contributed by atoms with E-state index < -0.39 is 11.4 Å². The minimum absolute atomic E-state index is 0. The molecule has 1 aromatic heterocycles. The Balaban J connectivity index is 0. The molecule has 0 atom stereocenters. The maximum absolute atomic E-state index is 10.9. The SMILES string of the molecule is Cc1cc(=O)n(N)c(O)c1C#N.[H-].[K+]. The first-order valence-electron chi connectivity index (χ1n) is 3.18. The standard InChI is InChI=1S/C7H7N3O2.K.H/c1-4-2-6(11)10(9)7(12)5(4)3-8;;/h2,12H,9H2,1H3;;/q;+1;-1. The third-order valence-corrected chi connectivity index (χ3v) is 1.54. The number of hydrogen-bond donors (Lipinski definition) is 2. The van der Waals surface area contributed by atoms with Crippen LogP contribution in [0.25, 0.3) is 0 Å². The van der Waals surface area contributed by atoms with Gasteiger partial charge in [0.2, 0.25) is 5.88 Å². The predicted octanol–water partition coefficient (Wildman–Crippen LogP) is -3.44. The van der Waals surface area contributed by atoms with Crippen LogP contribution in [0.4, 0.5) is 0 Å². The molecule has 1 rings (SSSR count). The summed E-state index contributed by atoms with van der Waals surface area (Å²) in [5.41, 5.74) is -0.0946. The molecule has 0 aliphatic heterocycles. The van der Waals surface area contributed by atoms with Gasteiger partial charge in [0.05, 0.1) is 0 Å². The van der Waals surface area contributed by atoms with E-state index >= 15 is 0 Å². The van der Waals surface area contributed by atoms with Crippen LogP contribution >= 0.6 is 0 Å². The Morgan fingerprint density at radius 1 is 1.77 bits per heavy atom. The largest absolute Gasteiger partial charge is 1.00 e. The van der Waals surface area contributed by atoms with E-state index in [2.05, 4.69) is 0 Å². The van der Waals surface area contributed by atoms with Crippen LogP contribution in [0.3, 0.4) is 0 Å². The summed E-state index contributed by atoms with van der Waals surface area (Å²) >= 11 is 0. The Morgan fingerprint density at radius 2 is 2.31 bits per heavy atom. The third-order valence-electron chi connectivity index (χ3n) is 1.54. The average molecular weight is 205 g/mol. The quantitative estimate of drug-likeness (QED) is 0.340. The number of aromatic nitrogens is 1. The minimum Gasteiger partial charge on any atom is -1.00 e. The van der Waals surface area contributed by atoms with E-state index in [1.807, 2.05) is 0 Å². The van der Waals surface area contributed by atoms with Crippen molar-refractivity contribution in [3.63, 3.8) is 0 Å². The van der Waals surface area contributed by atoms with Crippen molar-refractivity contribution in [3.05, 3.63) is 27.5 Å². The van der Waals surface area contributed by atoms with Gasteiger partial charge in [-0.3, -0.25) is 4.79 Å². The molecule has 0 bridgehead atoms. The summed E-state index contributed by atoms with van der Waals surface area (Å²) in [6, 6.07) is 2.93. The van der Waals surface area contributed by atoms with Crippen LogP contribution in [0, 0.1) is 18.3 Å². The van der Waals surface area contributed by atoms with Gasteiger partial charge in [0, 0.05) is 6.07 Å². The van der Waals surface area contributed by atoms with E-state index in [1.165, 1.54) is 6.07 Å². The molecule has 13 heavy (non-hydrogen) atoms. The Morgan fingerprint density at radius 3 is 2.77 bits per heavy atom. The number of nitrogen functional groups attached to an aromatic ring is 1. The number of pyridine rings is 1. The minimum atomic E-state index is -0.538. The monoisotopic (exact) mass is 205 g/mol. The van der Waals surface area contributed by atoms with Gasteiger partial charge in [-0.25, -0.2) is 0 Å². The van der Waals surface area contributed by atoms with Crippen LogP contribution < -0.4 is 62.8 Å². The number of nitrogens with zero attached hydrogens (tertiary/aromatic N) is 2. The van der Waals surface area contributed by atoms with Crippen LogP contribution in [0.2, 0.25) is 0 Å². The zero-order valence-corrected chi connectivity index (χ0v) is 10.5. The van der Waals surface area contributed by atoms with E-state index in [-0.39, 0.29) is 58.4 Å². The summed E-state index contributed by atoms with van der Waals surface area (Å²) in [6.45, 7) is 1.56. The topological polar surface area (TPSA) is 92.0 Å². The second-order valence-corrected chi connectivity index (χ2v) is 2.35. The van der Waals surface area contributed by atoms with Gasteiger partial charge in [0.15, 0.2) is 0 Å². The molecule has 0 aliphatic carbocycles. The molecule has 1 aromatic rings. The molecule has 1 heterocycles. The fourth-order valence-corrected chi connectivity index (χ4v) is 0.866. The third kappa shape index (κ3) is 2.33. The summed E-state index contributed by atoms with van der Waals surface area (Å²) in [7, 11) is 0. The number of hydrogen-bond acceptors (Lipinski definition) is 4. The van der Waals surface area contributed by atoms with Crippen molar-refractivity contribution in [1.29, 1.82) is 5.26 Å². The second kappa shape index (κ2) is 4.79. The molecule has 0 aliphatic rings. The van der Waals surface area contributed by atoms with Crippen LogP contribution in [0.5, 0.6) is 5.88 Å². The second-order valence-electron chi connectivity index (χ2n) is 2.35. The van der Waals surface area contributed by atoms with Gasteiger partial charge >= 0.3 is 51.4 Å². The Hall–Kier alpha value is -0.324. The van der Waals surface area contributed by atoms with E-state index in [9.17, 15) is 9.90 Å². The average Bonchev–Trinajstić information content (AvgIpc) is 2.01. The van der Waals surface area contributed by atoms with Gasteiger partial charge in [0.1, 0.15) is 11.6 Å².